The number of amides is 6. The molecule has 0 aromatic heterocycles. The number of halogens is 1. The molecule has 12 heteroatoms. The van der Waals surface area contributed by atoms with Crippen molar-refractivity contribution in [3.63, 3.8) is 0 Å². The lowest BCUT2D eigenvalue weighted by atomic mass is 9.94. The first kappa shape index (κ1) is 26.6. The summed E-state index contributed by atoms with van der Waals surface area (Å²) in [4.78, 5) is 65.0. The number of imide groups is 1. The minimum Gasteiger partial charge on any atom is -0.427 e. The van der Waals surface area contributed by atoms with Gasteiger partial charge in [-0.3, -0.25) is 14.4 Å². The van der Waals surface area contributed by atoms with Gasteiger partial charge in [0.1, 0.15) is 12.4 Å². The van der Waals surface area contributed by atoms with Crippen LogP contribution in [0.2, 0.25) is 0 Å². The molecule has 1 heterocycles. The first-order chi connectivity index (χ1) is 18.0. The van der Waals surface area contributed by atoms with Gasteiger partial charge in [-0.05, 0) is 48.7 Å². The van der Waals surface area contributed by atoms with Crippen LogP contribution in [0.25, 0.3) is 0 Å². The molecule has 1 aliphatic heterocycles. The standard InChI is InChI=1S/C26H28FN5O6/c1-15(11-21(28)33)31(13-16-3-5-18(27)6-4-16)22(34)14-32-23(35)26(38-25(32)37)10-9-17-12-19(7-8-20(17)26)30-24(36)29-2/h3-8,12,15H,9-11,13-14H2,1-2H3,(H2,28,33)(H2,29,30,36)/t15?,26-/m1/s1. The molecule has 38 heavy (non-hydrogen) atoms. The maximum absolute atomic E-state index is 13.5. The van der Waals surface area contributed by atoms with Crippen molar-refractivity contribution in [1.29, 1.82) is 0 Å². The molecule has 2 aromatic carbocycles. The van der Waals surface area contributed by atoms with Gasteiger partial charge >= 0.3 is 12.1 Å². The monoisotopic (exact) mass is 525 g/mol. The molecule has 4 N–H and O–H groups in total. The van der Waals surface area contributed by atoms with E-state index in [-0.39, 0.29) is 19.4 Å². The van der Waals surface area contributed by atoms with Gasteiger partial charge in [-0.15, -0.1) is 0 Å². The van der Waals surface area contributed by atoms with Gasteiger partial charge in [0.15, 0.2) is 0 Å². The van der Waals surface area contributed by atoms with Crippen LogP contribution in [0.1, 0.15) is 36.5 Å². The van der Waals surface area contributed by atoms with Crippen LogP contribution in [0.5, 0.6) is 0 Å². The van der Waals surface area contributed by atoms with Crippen LogP contribution in [0.3, 0.4) is 0 Å². The Bertz CT molecular complexity index is 1300. The molecule has 1 aliphatic carbocycles. The zero-order chi connectivity index (χ0) is 27.6. The summed E-state index contributed by atoms with van der Waals surface area (Å²) in [7, 11) is 1.49. The van der Waals surface area contributed by atoms with Crippen molar-refractivity contribution in [2.45, 2.75) is 44.4 Å². The average molecular weight is 526 g/mol. The number of carbonyl (C=O) groups excluding carboxylic acids is 5. The van der Waals surface area contributed by atoms with E-state index in [1.165, 1.54) is 36.2 Å². The maximum atomic E-state index is 13.5. The van der Waals surface area contributed by atoms with E-state index in [1.54, 1.807) is 25.1 Å². The molecular weight excluding hydrogens is 497 g/mol. The second-order valence-electron chi connectivity index (χ2n) is 9.33. The molecule has 0 radical (unpaired) electrons. The number of carbonyl (C=O) groups is 5. The summed E-state index contributed by atoms with van der Waals surface area (Å²) >= 11 is 0. The Balaban J connectivity index is 1.54. The van der Waals surface area contributed by atoms with Gasteiger partial charge in [0.25, 0.3) is 5.91 Å². The Labute approximate surface area is 218 Å². The third-order valence-electron chi connectivity index (χ3n) is 6.75. The third-order valence-corrected chi connectivity index (χ3v) is 6.75. The third kappa shape index (κ3) is 5.15. The number of ether oxygens (including phenoxy) is 1. The van der Waals surface area contributed by atoms with E-state index in [0.29, 0.717) is 23.2 Å². The average Bonchev–Trinajstić information content (AvgIpc) is 3.34. The van der Waals surface area contributed by atoms with Gasteiger partial charge in [-0.25, -0.2) is 18.9 Å². The number of nitrogens with zero attached hydrogens (tertiary/aromatic N) is 2. The normalized spacial score (nSPS) is 18.7. The molecule has 1 unspecified atom stereocenters. The highest BCUT2D eigenvalue weighted by Gasteiger charge is 2.58. The summed E-state index contributed by atoms with van der Waals surface area (Å²) < 4.78 is 18.9. The minimum atomic E-state index is -1.56. The fraction of sp³-hybridized carbons (Fsp3) is 0.346. The van der Waals surface area contributed by atoms with Crippen LogP contribution in [-0.2, 0) is 37.7 Å². The summed E-state index contributed by atoms with van der Waals surface area (Å²) in [6.45, 7) is 1.03. The SMILES string of the molecule is CNC(=O)Nc1ccc2c(c1)CC[C@@]21OC(=O)N(CC(=O)N(Cc2ccc(F)cc2)C(C)CC(N)=O)C1=O. The Kier molecular flexibility index (Phi) is 7.33. The van der Waals surface area contributed by atoms with Crippen LogP contribution in [0, 0.1) is 5.82 Å². The van der Waals surface area contributed by atoms with Gasteiger partial charge in [0.05, 0.1) is 0 Å². The highest BCUT2D eigenvalue weighted by atomic mass is 19.1. The van der Waals surface area contributed by atoms with Crippen molar-refractivity contribution in [1.82, 2.24) is 15.1 Å². The number of fused-ring (bicyclic) bond motifs is 2. The molecule has 2 aromatic rings. The van der Waals surface area contributed by atoms with Crippen molar-refractivity contribution < 1.29 is 33.1 Å². The van der Waals surface area contributed by atoms with Crippen molar-refractivity contribution >= 4 is 35.5 Å². The lowest BCUT2D eigenvalue weighted by Crippen LogP contribution is -2.47. The van der Waals surface area contributed by atoms with Gasteiger partial charge in [-0.2, -0.15) is 0 Å². The largest absolute Gasteiger partial charge is 0.427 e. The number of urea groups is 1. The van der Waals surface area contributed by atoms with E-state index < -0.39 is 53.9 Å². The van der Waals surface area contributed by atoms with E-state index in [1.807, 2.05) is 0 Å². The molecule has 0 bridgehead atoms. The summed E-state index contributed by atoms with van der Waals surface area (Å²) in [6.07, 6.45) is -0.479. The van der Waals surface area contributed by atoms with Crippen molar-refractivity contribution in [3.05, 3.63) is 65.0 Å². The van der Waals surface area contributed by atoms with E-state index in [2.05, 4.69) is 10.6 Å². The van der Waals surface area contributed by atoms with E-state index in [4.69, 9.17) is 10.5 Å². The molecule has 4 rings (SSSR count). The van der Waals surface area contributed by atoms with E-state index in [0.717, 1.165) is 10.5 Å². The first-order valence-corrected chi connectivity index (χ1v) is 12.0. The number of aryl methyl sites for hydroxylation is 1. The molecule has 11 nitrogen and oxygen atoms in total. The molecular formula is C26H28FN5O6. The Morgan fingerprint density at radius 1 is 1.18 bits per heavy atom. The van der Waals surface area contributed by atoms with Crippen LogP contribution in [0.4, 0.5) is 19.7 Å². The van der Waals surface area contributed by atoms with E-state index >= 15 is 0 Å². The maximum Gasteiger partial charge on any atom is 0.418 e. The quantitative estimate of drug-likeness (QED) is 0.480. The molecule has 6 amide bonds. The highest BCUT2D eigenvalue weighted by Crippen LogP contribution is 2.46. The number of primary amides is 1. The zero-order valence-electron chi connectivity index (χ0n) is 21.0. The van der Waals surface area contributed by atoms with Crippen LogP contribution < -0.4 is 16.4 Å². The van der Waals surface area contributed by atoms with E-state index in [9.17, 15) is 28.4 Å². The molecule has 1 saturated heterocycles. The highest BCUT2D eigenvalue weighted by molar-refractivity contribution is 6.06. The predicted molar refractivity (Wildman–Crippen MR) is 133 cm³/mol. The Morgan fingerprint density at radius 2 is 1.89 bits per heavy atom. The fourth-order valence-corrected chi connectivity index (χ4v) is 4.83. The summed E-state index contributed by atoms with van der Waals surface area (Å²) in [5, 5.41) is 5.11. The smallest absolute Gasteiger partial charge is 0.418 e. The molecule has 1 spiro atoms. The number of anilines is 1. The lowest BCUT2D eigenvalue weighted by Gasteiger charge is -2.30. The molecule has 200 valence electrons. The van der Waals surface area contributed by atoms with Gasteiger partial charge in [0.2, 0.25) is 17.4 Å². The molecule has 2 aliphatic rings. The van der Waals surface area contributed by atoms with Gasteiger partial charge < -0.3 is 26.0 Å². The van der Waals surface area contributed by atoms with Crippen molar-refractivity contribution in [2.75, 3.05) is 18.9 Å². The number of rotatable bonds is 8. The number of hydrogen-bond donors (Lipinski definition) is 3. The zero-order valence-corrected chi connectivity index (χ0v) is 21.0. The topological polar surface area (TPSA) is 151 Å². The van der Waals surface area contributed by atoms with Crippen molar-refractivity contribution in [2.24, 2.45) is 5.73 Å². The lowest BCUT2D eigenvalue weighted by molar-refractivity contribution is -0.143. The molecule has 1 fully saturated rings. The van der Waals surface area contributed by atoms with Crippen LogP contribution in [-0.4, -0.2) is 59.3 Å². The van der Waals surface area contributed by atoms with Crippen LogP contribution in [0.15, 0.2) is 42.5 Å². The van der Waals surface area contributed by atoms with Gasteiger partial charge in [-0.1, -0.05) is 18.2 Å². The van der Waals surface area contributed by atoms with Gasteiger partial charge in [0, 0.05) is 43.7 Å². The second kappa shape index (κ2) is 10.5. The molecule has 0 saturated carbocycles. The van der Waals surface area contributed by atoms with Crippen LogP contribution >= 0.6 is 0 Å². The number of hydrogen-bond acceptors (Lipinski definition) is 6. The number of nitrogens with two attached hydrogens (primary N) is 1. The van der Waals surface area contributed by atoms with Crippen molar-refractivity contribution in [3.8, 4) is 0 Å². The fourth-order valence-electron chi connectivity index (χ4n) is 4.83. The Morgan fingerprint density at radius 3 is 2.55 bits per heavy atom. The number of nitrogens with one attached hydrogen (secondary N) is 2. The summed E-state index contributed by atoms with van der Waals surface area (Å²) in [5.74, 6) is -2.33. The second-order valence-corrected chi connectivity index (χ2v) is 9.33. The minimum absolute atomic E-state index is 0.0136. The summed E-state index contributed by atoms with van der Waals surface area (Å²) in [5.41, 5.74) is 6.12. The number of benzene rings is 2. The Hall–Kier alpha value is -4.48. The first-order valence-electron chi connectivity index (χ1n) is 12.0. The molecule has 2 atom stereocenters. The predicted octanol–water partition coefficient (Wildman–Crippen LogP) is 1.99. The summed E-state index contributed by atoms with van der Waals surface area (Å²) in [6, 6.07) is 9.38.